The molecular formula is C19H14F4N2O2S. The second-order valence-electron chi connectivity index (χ2n) is 5.54. The Kier molecular flexibility index (Phi) is 5.64. The summed E-state index contributed by atoms with van der Waals surface area (Å²) in [5, 5.41) is -0.0791. The molecule has 4 nitrogen and oxygen atoms in total. The van der Waals surface area contributed by atoms with Gasteiger partial charge in [0.2, 0.25) is 5.13 Å². The van der Waals surface area contributed by atoms with Crippen molar-refractivity contribution in [3.8, 4) is 21.9 Å². The van der Waals surface area contributed by atoms with Crippen molar-refractivity contribution in [1.29, 1.82) is 0 Å². The standard InChI is InChI=1S/C19H14F4N2O2S/c1-26-14-8-5-12(15(9-14)27-2)10-24-18-25-17(19(21,22)23)16(28-18)11-3-6-13(20)7-4-11/h3-10H,1-2H3. The number of nitrogens with zero attached hydrogens (tertiary/aromatic N) is 2. The highest BCUT2D eigenvalue weighted by molar-refractivity contribution is 7.18. The normalized spacial score (nSPS) is 11.8. The molecule has 0 atom stereocenters. The number of thiazole rings is 1. The summed E-state index contributed by atoms with van der Waals surface area (Å²) in [6, 6.07) is 9.72. The number of hydrogen-bond donors (Lipinski definition) is 0. The monoisotopic (exact) mass is 410 g/mol. The summed E-state index contributed by atoms with van der Waals surface area (Å²) in [4.78, 5) is 7.56. The van der Waals surface area contributed by atoms with Crippen LogP contribution in [0, 0.1) is 5.82 Å². The molecule has 2 aromatic carbocycles. The number of aliphatic imine (C=N–C) groups is 1. The third kappa shape index (κ3) is 4.30. The fraction of sp³-hybridized carbons (Fsp3) is 0.158. The number of ether oxygens (including phenoxy) is 2. The lowest BCUT2D eigenvalue weighted by Crippen LogP contribution is -2.06. The molecule has 1 heterocycles. The van der Waals surface area contributed by atoms with Crippen LogP contribution in [-0.4, -0.2) is 25.4 Å². The predicted octanol–water partition coefficient (Wildman–Crippen LogP) is 5.74. The lowest BCUT2D eigenvalue weighted by Gasteiger charge is -2.06. The minimum Gasteiger partial charge on any atom is -0.497 e. The van der Waals surface area contributed by atoms with Crippen LogP contribution in [-0.2, 0) is 6.18 Å². The average molecular weight is 410 g/mol. The number of methoxy groups -OCH3 is 2. The van der Waals surface area contributed by atoms with Crippen LogP contribution in [0.15, 0.2) is 47.5 Å². The fourth-order valence-electron chi connectivity index (χ4n) is 2.40. The van der Waals surface area contributed by atoms with E-state index in [0.29, 0.717) is 17.1 Å². The first-order chi connectivity index (χ1) is 13.3. The maximum Gasteiger partial charge on any atom is 0.434 e. The Morgan fingerprint density at radius 2 is 1.75 bits per heavy atom. The summed E-state index contributed by atoms with van der Waals surface area (Å²) >= 11 is 0.769. The fourth-order valence-corrected chi connectivity index (χ4v) is 3.34. The van der Waals surface area contributed by atoms with E-state index in [1.54, 1.807) is 18.2 Å². The molecule has 0 aliphatic rings. The molecule has 28 heavy (non-hydrogen) atoms. The molecular weight excluding hydrogens is 396 g/mol. The second kappa shape index (κ2) is 7.97. The molecule has 3 aromatic rings. The van der Waals surface area contributed by atoms with Crippen LogP contribution in [0.5, 0.6) is 11.5 Å². The molecule has 0 spiro atoms. The predicted molar refractivity (Wildman–Crippen MR) is 99.3 cm³/mol. The topological polar surface area (TPSA) is 43.7 Å². The Labute approximate surface area is 162 Å². The highest BCUT2D eigenvalue weighted by atomic mass is 32.1. The Hall–Kier alpha value is -2.94. The SMILES string of the molecule is COc1ccc(C=Nc2nc(C(F)(F)F)c(-c3ccc(F)cc3)s2)c(OC)c1. The summed E-state index contributed by atoms with van der Waals surface area (Å²) in [5.74, 6) is 0.488. The van der Waals surface area contributed by atoms with Crippen molar-refractivity contribution >= 4 is 22.7 Å². The first kappa shape index (κ1) is 19.8. The summed E-state index contributed by atoms with van der Waals surface area (Å²) in [5.41, 5.74) is -0.289. The average Bonchev–Trinajstić information content (AvgIpc) is 3.11. The number of rotatable bonds is 5. The van der Waals surface area contributed by atoms with Crippen molar-refractivity contribution in [1.82, 2.24) is 4.98 Å². The van der Waals surface area contributed by atoms with Crippen molar-refractivity contribution in [3.05, 3.63) is 59.5 Å². The van der Waals surface area contributed by atoms with Crippen molar-refractivity contribution in [2.24, 2.45) is 4.99 Å². The van der Waals surface area contributed by atoms with Gasteiger partial charge in [0.25, 0.3) is 0 Å². The number of hydrogen-bond acceptors (Lipinski definition) is 5. The molecule has 0 radical (unpaired) electrons. The van der Waals surface area contributed by atoms with Crippen molar-refractivity contribution in [2.75, 3.05) is 14.2 Å². The van der Waals surface area contributed by atoms with Crippen LogP contribution in [0.1, 0.15) is 11.3 Å². The Morgan fingerprint density at radius 1 is 1.04 bits per heavy atom. The molecule has 0 unspecified atom stereocenters. The molecule has 0 bridgehead atoms. The van der Waals surface area contributed by atoms with Gasteiger partial charge in [-0.1, -0.05) is 23.5 Å². The van der Waals surface area contributed by atoms with Gasteiger partial charge in [-0.25, -0.2) is 14.4 Å². The van der Waals surface area contributed by atoms with Crippen LogP contribution >= 0.6 is 11.3 Å². The van der Waals surface area contributed by atoms with Gasteiger partial charge in [0, 0.05) is 17.8 Å². The lowest BCUT2D eigenvalue weighted by molar-refractivity contribution is -0.140. The van der Waals surface area contributed by atoms with Crippen molar-refractivity contribution in [3.63, 3.8) is 0 Å². The zero-order chi connectivity index (χ0) is 20.3. The van der Waals surface area contributed by atoms with Crippen LogP contribution in [0.2, 0.25) is 0 Å². The van der Waals surface area contributed by atoms with Gasteiger partial charge in [-0.05, 0) is 29.8 Å². The molecule has 1 aromatic heterocycles. The van der Waals surface area contributed by atoms with Gasteiger partial charge in [-0.3, -0.25) is 0 Å². The maximum absolute atomic E-state index is 13.4. The molecule has 0 saturated heterocycles. The minimum absolute atomic E-state index is 0.0791. The Balaban J connectivity index is 1.99. The van der Waals surface area contributed by atoms with E-state index in [1.165, 1.54) is 32.6 Å². The number of benzene rings is 2. The summed E-state index contributed by atoms with van der Waals surface area (Å²) in [6.45, 7) is 0. The molecule has 0 N–H and O–H groups in total. The third-order valence-corrected chi connectivity index (χ3v) is 4.76. The van der Waals surface area contributed by atoms with Gasteiger partial charge >= 0.3 is 6.18 Å². The highest BCUT2D eigenvalue weighted by Gasteiger charge is 2.38. The van der Waals surface area contributed by atoms with E-state index in [0.717, 1.165) is 23.5 Å². The minimum atomic E-state index is -4.66. The summed E-state index contributed by atoms with van der Waals surface area (Å²) in [7, 11) is 2.97. The smallest absolute Gasteiger partial charge is 0.434 e. The molecule has 0 amide bonds. The third-order valence-electron chi connectivity index (χ3n) is 3.75. The zero-order valence-electron chi connectivity index (χ0n) is 14.7. The summed E-state index contributed by atoms with van der Waals surface area (Å²) < 4.78 is 63.6. The quantitative estimate of drug-likeness (QED) is 0.398. The van der Waals surface area contributed by atoms with Gasteiger partial charge in [-0.2, -0.15) is 13.2 Å². The van der Waals surface area contributed by atoms with Gasteiger partial charge in [-0.15, -0.1) is 0 Å². The van der Waals surface area contributed by atoms with E-state index in [2.05, 4.69) is 9.98 Å². The second-order valence-corrected chi connectivity index (χ2v) is 6.52. The molecule has 3 rings (SSSR count). The number of halogens is 4. The molecule has 0 aliphatic heterocycles. The van der Waals surface area contributed by atoms with Crippen LogP contribution in [0.25, 0.3) is 10.4 Å². The van der Waals surface area contributed by atoms with Crippen LogP contribution in [0.4, 0.5) is 22.7 Å². The maximum atomic E-state index is 13.4. The zero-order valence-corrected chi connectivity index (χ0v) is 15.6. The highest BCUT2D eigenvalue weighted by Crippen LogP contribution is 2.42. The van der Waals surface area contributed by atoms with Gasteiger partial charge in [0.1, 0.15) is 17.3 Å². The molecule has 146 valence electrons. The lowest BCUT2D eigenvalue weighted by atomic mass is 10.1. The molecule has 0 aliphatic carbocycles. The first-order valence-corrected chi connectivity index (χ1v) is 8.73. The number of aromatic nitrogens is 1. The molecule has 9 heteroatoms. The van der Waals surface area contributed by atoms with Crippen LogP contribution in [0.3, 0.4) is 0 Å². The Bertz CT molecular complexity index is 998. The van der Waals surface area contributed by atoms with E-state index in [4.69, 9.17) is 9.47 Å². The van der Waals surface area contributed by atoms with E-state index >= 15 is 0 Å². The van der Waals surface area contributed by atoms with Crippen LogP contribution < -0.4 is 9.47 Å². The van der Waals surface area contributed by atoms with E-state index in [-0.39, 0.29) is 15.6 Å². The van der Waals surface area contributed by atoms with E-state index in [9.17, 15) is 17.6 Å². The van der Waals surface area contributed by atoms with E-state index < -0.39 is 17.7 Å². The van der Waals surface area contributed by atoms with Gasteiger partial charge in [0.15, 0.2) is 5.69 Å². The van der Waals surface area contributed by atoms with Crippen molar-refractivity contribution < 1.29 is 27.0 Å². The Morgan fingerprint density at radius 3 is 2.36 bits per heavy atom. The van der Waals surface area contributed by atoms with Gasteiger partial charge < -0.3 is 9.47 Å². The van der Waals surface area contributed by atoms with Crippen molar-refractivity contribution in [2.45, 2.75) is 6.18 Å². The molecule has 0 fully saturated rings. The van der Waals surface area contributed by atoms with Gasteiger partial charge in [0.05, 0.1) is 19.1 Å². The molecule has 0 saturated carbocycles. The first-order valence-electron chi connectivity index (χ1n) is 7.92. The number of alkyl halides is 3. The summed E-state index contributed by atoms with van der Waals surface area (Å²) in [6.07, 6.45) is -3.29. The largest absolute Gasteiger partial charge is 0.497 e. The van der Waals surface area contributed by atoms with E-state index in [1.807, 2.05) is 0 Å².